The van der Waals surface area contributed by atoms with Gasteiger partial charge >= 0.3 is 0 Å². The van der Waals surface area contributed by atoms with E-state index in [0.29, 0.717) is 52.9 Å². The van der Waals surface area contributed by atoms with Crippen LogP contribution < -0.4 is 9.46 Å². The zero-order valence-corrected chi connectivity index (χ0v) is 23.1. The van der Waals surface area contributed by atoms with Crippen molar-refractivity contribution in [3.63, 3.8) is 0 Å². The molecule has 1 N–H and O–H groups in total. The van der Waals surface area contributed by atoms with Gasteiger partial charge in [0.05, 0.1) is 24.0 Å². The summed E-state index contributed by atoms with van der Waals surface area (Å²) in [5.74, 6) is -1.69. The molecule has 0 spiro atoms. The van der Waals surface area contributed by atoms with E-state index in [1.165, 1.54) is 31.2 Å². The van der Waals surface area contributed by atoms with Gasteiger partial charge in [0.25, 0.3) is 12.3 Å². The number of carbonyl (C=O) groups excluding carboxylic acids is 1. The molecule has 1 aliphatic heterocycles. The van der Waals surface area contributed by atoms with E-state index in [2.05, 4.69) is 0 Å². The molecule has 2 aliphatic rings. The summed E-state index contributed by atoms with van der Waals surface area (Å²) in [5, 5.41) is 0.603. The Labute approximate surface area is 230 Å². The van der Waals surface area contributed by atoms with E-state index in [0.717, 1.165) is 18.9 Å². The molecule has 4 rings (SSSR count). The summed E-state index contributed by atoms with van der Waals surface area (Å²) in [6.45, 7) is 2.48. The third-order valence-corrected chi connectivity index (χ3v) is 8.66. The normalized spacial score (nSPS) is 18.0. The molecule has 1 atom stereocenters. The predicted molar refractivity (Wildman–Crippen MR) is 140 cm³/mol. The Morgan fingerprint density at radius 1 is 1.08 bits per heavy atom. The van der Waals surface area contributed by atoms with Crippen LogP contribution in [0.4, 0.5) is 13.2 Å². The van der Waals surface area contributed by atoms with E-state index in [1.807, 2.05) is 4.72 Å². The van der Waals surface area contributed by atoms with Gasteiger partial charge in [-0.3, -0.25) is 9.69 Å². The highest BCUT2D eigenvalue weighted by Crippen LogP contribution is 2.45. The molecule has 208 valence electrons. The number of benzene rings is 2. The van der Waals surface area contributed by atoms with Gasteiger partial charge in [0, 0.05) is 16.1 Å². The molecule has 38 heavy (non-hydrogen) atoms. The maximum absolute atomic E-state index is 14.8. The zero-order chi connectivity index (χ0) is 27.6. The van der Waals surface area contributed by atoms with Crippen molar-refractivity contribution in [2.75, 3.05) is 25.4 Å². The second kappa shape index (κ2) is 12.0. The quantitative estimate of drug-likeness (QED) is 0.356. The number of nitrogens with zero attached hydrogens (tertiary/aromatic N) is 1. The summed E-state index contributed by atoms with van der Waals surface area (Å²) in [5.41, 5.74) is 0.690. The number of rotatable bonds is 10. The van der Waals surface area contributed by atoms with Crippen LogP contribution in [0.15, 0.2) is 30.3 Å². The highest BCUT2D eigenvalue weighted by Gasteiger charge is 2.34. The van der Waals surface area contributed by atoms with Crippen LogP contribution >= 0.6 is 23.2 Å². The smallest absolute Gasteiger partial charge is 0.267 e. The number of halogens is 5. The van der Waals surface area contributed by atoms with Gasteiger partial charge in [0.1, 0.15) is 11.6 Å². The number of hydrogen-bond donors (Lipinski definition) is 1. The molecule has 2 aromatic carbocycles. The van der Waals surface area contributed by atoms with Gasteiger partial charge < -0.3 is 4.74 Å². The zero-order valence-electron chi connectivity index (χ0n) is 20.7. The number of carbonyl (C=O) groups is 1. The highest BCUT2D eigenvalue weighted by molar-refractivity contribution is 7.90. The molecule has 1 heterocycles. The van der Waals surface area contributed by atoms with Crippen LogP contribution in [-0.2, 0) is 10.0 Å². The van der Waals surface area contributed by atoms with Gasteiger partial charge in [-0.15, -0.1) is 0 Å². The number of sulfonamides is 1. The van der Waals surface area contributed by atoms with Crippen molar-refractivity contribution < 1.29 is 31.1 Å². The standard InChI is InChI=1S/C26H29Cl2F3N2O4S/c1-2-38(35,36)32-26(34)21-12-20(16-3-4-16)23(13-22(21)29)37-14-15-5-7-33(8-6-15)24(25(30)31)17-9-18(27)11-19(28)10-17/h9-13,15-16,24-25H,2-8,14H2,1H3,(H,32,34). The molecule has 6 nitrogen and oxygen atoms in total. The lowest BCUT2D eigenvalue weighted by Crippen LogP contribution is -2.40. The Bertz CT molecular complexity index is 1260. The van der Waals surface area contributed by atoms with Gasteiger partial charge in [-0.25, -0.2) is 26.3 Å². The van der Waals surface area contributed by atoms with Crippen LogP contribution in [-0.4, -0.2) is 51.1 Å². The molecule has 1 unspecified atom stereocenters. The fourth-order valence-electron chi connectivity index (χ4n) is 4.72. The number of ether oxygens (including phenoxy) is 1. The van der Waals surface area contributed by atoms with Crippen molar-refractivity contribution >= 4 is 39.1 Å². The SMILES string of the molecule is CCS(=O)(=O)NC(=O)c1cc(C2CC2)c(OCC2CCN(C(c3cc(Cl)cc(Cl)c3)C(F)F)CC2)cc1F. The summed E-state index contributed by atoms with van der Waals surface area (Å²) in [6.07, 6.45) is 0.306. The van der Waals surface area contributed by atoms with Gasteiger partial charge in [-0.05, 0) is 92.9 Å². The van der Waals surface area contributed by atoms with E-state index < -0.39 is 34.2 Å². The van der Waals surface area contributed by atoms with Crippen molar-refractivity contribution in [1.82, 2.24) is 9.62 Å². The number of nitrogens with one attached hydrogen (secondary N) is 1. The number of likely N-dealkylation sites (tertiary alicyclic amines) is 1. The first kappa shape index (κ1) is 29.0. The lowest BCUT2D eigenvalue weighted by Gasteiger charge is -2.37. The van der Waals surface area contributed by atoms with E-state index in [9.17, 15) is 26.4 Å². The minimum atomic E-state index is -3.84. The summed E-state index contributed by atoms with van der Waals surface area (Å²) < 4.78 is 74.2. The Morgan fingerprint density at radius 3 is 2.26 bits per heavy atom. The number of piperidine rings is 1. The number of amides is 1. The summed E-state index contributed by atoms with van der Waals surface area (Å²) in [4.78, 5) is 14.1. The first-order valence-corrected chi connectivity index (χ1v) is 14.9. The van der Waals surface area contributed by atoms with Gasteiger partial charge in [0.2, 0.25) is 10.0 Å². The fraction of sp³-hybridized carbons (Fsp3) is 0.500. The fourth-order valence-corrected chi connectivity index (χ4v) is 5.80. The number of hydrogen-bond acceptors (Lipinski definition) is 5. The molecule has 1 saturated carbocycles. The van der Waals surface area contributed by atoms with Gasteiger partial charge in [-0.1, -0.05) is 23.2 Å². The first-order valence-electron chi connectivity index (χ1n) is 12.5. The molecule has 0 aromatic heterocycles. The second-order valence-corrected chi connectivity index (χ2v) is 12.6. The van der Waals surface area contributed by atoms with Crippen molar-refractivity contribution in [2.24, 2.45) is 5.92 Å². The van der Waals surface area contributed by atoms with Gasteiger partial charge in [0.15, 0.2) is 0 Å². The molecule has 0 bridgehead atoms. The lowest BCUT2D eigenvalue weighted by atomic mass is 9.94. The Hall–Kier alpha value is -2.01. The van der Waals surface area contributed by atoms with Crippen LogP contribution in [0.5, 0.6) is 5.75 Å². The molecule has 12 heteroatoms. The van der Waals surface area contributed by atoms with E-state index in [4.69, 9.17) is 27.9 Å². The minimum Gasteiger partial charge on any atom is -0.493 e. The molecule has 1 saturated heterocycles. The second-order valence-electron chi connectivity index (χ2n) is 9.75. The molecular weight excluding hydrogens is 564 g/mol. The van der Waals surface area contributed by atoms with Crippen LogP contribution in [0, 0.1) is 11.7 Å². The molecule has 2 aromatic rings. The topological polar surface area (TPSA) is 75.7 Å². The maximum atomic E-state index is 14.8. The maximum Gasteiger partial charge on any atom is 0.267 e. The highest BCUT2D eigenvalue weighted by atomic mass is 35.5. The minimum absolute atomic E-state index is 0.0697. The van der Waals surface area contributed by atoms with Crippen molar-refractivity contribution in [2.45, 2.75) is 51.0 Å². The number of alkyl halides is 2. The Morgan fingerprint density at radius 2 is 1.71 bits per heavy atom. The Balaban J connectivity index is 1.41. The van der Waals surface area contributed by atoms with Crippen molar-refractivity contribution in [3.05, 3.63) is 62.9 Å². The summed E-state index contributed by atoms with van der Waals surface area (Å²) >= 11 is 12.1. The van der Waals surface area contributed by atoms with Crippen molar-refractivity contribution in [3.8, 4) is 5.75 Å². The largest absolute Gasteiger partial charge is 0.493 e. The van der Waals surface area contributed by atoms with E-state index >= 15 is 0 Å². The van der Waals surface area contributed by atoms with E-state index in [1.54, 1.807) is 4.90 Å². The van der Waals surface area contributed by atoms with Crippen LogP contribution in [0.3, 0.4) is 0 Å². The molecule has 1 amide bonds. The van der Waals surface area contributed by atoms with Gasteiger partial charge in [-0.2, -0.15) is 0 Å². The first-order chi connectivity index (χ1) is 18.0. The predicted octanol–water partition coefficient (Wildman–Crippen LogP) is 6.19. The molecular formula is C26H29Cl2F3N2O4S. The van der Waals surface area contributed by atoms with Crippen LogP contribution in [0.2, 0.25) is 10.0 Å². The third-order valence-electron chi connectivity index (χ3n) is 6.97. The average molecular weight is 593 g/mol. The molecule has 1 aliphatic carbocycles. The lowest BCUT2D eigenvalue weighted by molar-refractivity contribution is 0.00318. The molecule has 2 fully saturated rings. The van der Waals surface area contributed by atoms with Crippen molar-refractivity contribution in [1.29, 1.82) is 0 Å². The summed E-state index contributed by atoms with van der Waals surface area (Å²) in [7, 11) is -3.84. The summed E-state index contributed by atoms with van der Waals surface area (Å²) in [6, 6.07) is 5.90. The molecule has 0 radical (unpaired) electrons. The van der Waals surface area contributed by atoms with Crippen LogP contribution in [0.25, 0.3) is 0 Å². The third kappa shape index (κ3) is 7.14. The van der Waals surface area contributed by atoms with E-state index in [-0.39, 0.29) is 29.8 Å². The van der Waals surface area contributed by atoms with Crippen LogP contribution in [0.1, 0.15) is 66.1 Å². The Kier molecular flexibility index (Phi) is 9.17. The average Bonchev–Trinajstić information content (AvgIpc) is 3.68. The monoisotopic (exact) mass is 592 g/mol.